The van der Waals surface area contributed by atoms with Crippen molar-refractivity contribution in [1.29, 1.82) is 0 Å². The van der Waals surface area contributed by atoms with Crippen LogP contribution >= 0.6 is 23.5 Å². The van der Waals surface area contributed by atoms with Gasteiger partial charge in [-0.05, 0) is 54.9 Å². The molecule has 1 saturated heterocycles. The van der Waals surface area contributed by atoms with Crippen LogP contribution in [-0.4, -0.2) is 15.6 Å². The highest BCUT2D eigenvalue weighted by atomic mass is 32.2. The number of hydrogen-bond acceptors (Lipinski definition) is 2. The molecule has 0 aromatic heterocycles. The second-order valence-electron chi connectivity index (χ2n) is 6.32. The average molecular weight is 268 g/mol. The molecule has 3 aliphatic rings. The zero-order valence-electron chi connectivity index (χ0n) is 11.1. The summed E-state index contributed by atoms with van der Waals surface area (Å²) in [5.41, 5.74) is 2.37. The number of rotatable bonds is 0. The Morgan fingerprint density at radius 1 is 1.12 bits per heavy atom. The summed E-state index contributed by atoms with van der Waals surface area (Å²) in [6.07, 6.45) is 11.3. The van der Waals surface area contributed by atoms with Crippen molar-refractivity contribution in [2.75, 3.05) is 11.5 Å². The molecular weight excluding hydrogens is 244 g/mol. The summed E-state index contributed by atoms with van der Waals surface area (Å²) < 4.78 is 0.471. The van der Waals surface area contributed by atoms with Crippen molar-refractivity contribution in [1.82, 2.24) is 0 Å². The summed E-state index contributed by atoms with van der Waals surface area (Å²) in [5, 5.41) is 0. The standard InChI is InChI=1S/C15H24S2/c1-12-5-3-6-14(2)7-8-15(11-13(12)14)16-9-4-10-17-15/h11-12H,3-10H2,1-2H3/t12-,14-/m0/s1. The van der Waals surface area contributed by atoms with E-state index in [-0.39, 0.29) is 0 Å². The minimum absolute atomic E-state index is 0.471. The molecule has 0 N–H and O–H groups in total. The van der Waals surface area contributed by atoms with Crippen molar-refractivity contribution in [3.05, 3.63) is 11.6 Å². The van der Waals surface area contributed by atoms with E-state index in [2.05, 4.69) is 43.4 Å². The number of thioether (sulfide) groups is 2. The Labute approximate surface area is 114 Å². The normalized spacial score (nSPS) is 40.8. The van der Waals surface area contributed by atoms with Crippen LogP contribution in [0.15, 0.2) is 11.6 Å². The van der Waals surface area contributed by atoms with Gasteiger partial charge in [0.1, 0.15) is 0 Å². The lowest BCUT2D eigenvalue weighted by molar-refractivity contribution is 0.227. The molecule has 0 bridgehead atoms. The van der Waals surface area contributed by atoms with Crippen molar-refractivity contribution in [3.8, 4) is 0 Å². The highest BCUT2D eigenvalue weighted by Gasteiger charge is 2.44. The Morgan fingerprint density at radius 2 is 1.88 bits per heavy atom. The number of fused-ring (bicyclic) bond motifs is 1. The van der Waals surface area contributed by atoms with Crippen LogP contribution < -0.4 is 0 Å². The molecule has 1 spiro atoms. The molecule has 96 valence electrons. The fourth-order valence-corrected chi connectivity index (χ4v) is 7.05. The van der Waals surface area contributed by atoms with Crippen LogP contribution in [0.5, 0.6) is 0 Å². The van der Waals surface area contributed by atoms with Crippen molar-refractivity contribution >= 4 is 23.5 Å². The highest BCUT2D eigenvalue weighted by molar-refractivity contribution is 8.19. The van der Waals surface area contributed by atoms with Crippen LogP contribution in [0, 0.1) is 11.3 Å². The molecule has 0 nitrogen and oxygen atoms in total. The molecule has 2 fully saturated rings. The van der Waals surface area contributed by atoms with Crippen molar-refractivity contribution in [3.63, 3.8) is 0 Å². The molecule has 0 aromatic carbocycles. The summed E-state index contributed by atoms with van der Waals surface area (Å²) >= 11 is 4.46. The Balaban J connectivity index is 1.92. The first-order valence-electron chi connectivity index (χ1n) is 7.15. The Bertz CT molecular complexity index is 328. The molecule has 2 aliphatic carbocycles. The summed E-state index contributed by atoms with van der Waals surface area (Å²) in [7, 11) is 0. The lowest BCUT2D eigenvalue weighted by atomic mass is 9.62. The van der Waals surface area contributed by atoms with Gasteiger partial charge in [0.05, 0.1) is 4.08 Å². The van der Waals surface area contributed by atoms with Gasteiger partial charge in [-0.3, -0.25) is 0 Å². The van der Waals surface area contributed by atoms with Gasteiger partial charge in [0.25, 0.3) is 0 Å². The zero-order valence-corrected chi connectivity index (χ0v) is 12.8. The van der Waals surface area contributed by atoms with E-state index in [1.807, 2.05) is 5.57 Å². The smallest absolute Gasteiger partial charge is 0.0794 e. The summed E-state index contributed by atoms with van der Waals surface area (Å²) in [6.45, 7) is 4.99. The summed E-state index contributed by atoms with van der Waals surface area (Å²) in [5.74, 6) is 3.60. The monoisotopic (exact) mass is 268 g/mol. The number of hydrogen-bond donors (Lipinski definition) is 0. The summed E-state index contributed by atoms with van der Waals surface area (Å²) in [4.78, 5) is 0. The molecule has 0 aromatic rings. The van der Waals surface area contributed by atoms with E-state index in [0.29, 0.717) is 9.49 Å². The van der Waals surface area contributed by atoms with Gasteiger partial charge in [0.15, 0.2) is 0 Å². The first kappa shape index (κ1) is 12.5. The van der Waals surface area contributed by atoms with Crippen molar-refractivity contribution in [2.45, 2.75) is 56.5 Å². The average Bonchev–Trinajstić information content (AvgIpc) is 2.33. The first-order chi connectivity index (χ1) is 8.14. The second kappa shape index (κ2) is 4.52. The Morgan fingerprint density at radius 3 is 2.65 bits per heavy atom. The SMILES string of the molecule is C[C@H]1CCC[C@@]2(C)CCC3(C=C12)SCCCS3. The van der Waals surface area contributed by atoms with Crippen LogP contribution in [0.25, 0.3) is 0 Å². The van der Waals surface area contributed by atoms with Crippen LogP contribution in [0.2, 0.25) is 0 Å². The third kappa shape index (κ3) is 2.20. The quantitative estimate of drug-likeness (QED) is 0.561. The van der Waals surface area contributed by atoms with Gasteiger partial charge in [0, 0.05) is 0 Å². The maximum absolute atomic E-state index is 2.72. The second-order valence-corrected chi connectivity index (χ2v) is 9.43. The predicted octanol–water partition coefficient (Wildman–Crippen LogP) is 5.10. The van der Waals surface area contributed by atoms with Crippen LogP contribution in [0.3, 0.4) is 0 Å². The molecular formula is C15H24S2. The number of allylic oxidation sites excluding steroid dienone is 1. The Kier molecular flexibility index (Phi) is 3.32. The van der Waals surface area contributed by atoms with E-state index in [1.165, 1.54) is 50.0 Å². The lowest BCUT2D eigenvalue weighted by Crippen LogP contribution is -2.38. The molecule has 1 saturated carbocycles. The van der Waals surface area contributed by atoms with Gasteiger partial charge in [-0.15, -0.1) is 23.5 Å². The zero-order chi connectivity index (χ0) is 11.9. The molecule has 1 aliphatic heterocycles. The maximum atomic E-state index is 2.72. The van der Waals surface area contributed by atoms with E-state index in [4.69, 9.17) is 0 Å². The molecule has 2 heteroatoms. The topological polar surface area (TPSA) is 0 Å². The van der Waals surface area contributed by atoms with Gasteiger partial charge >= 0.3 is 0 Å². The van der Waals surface area contributed by atoms with Crippen LogP contribution in [0.4, 0.5) is 0 Å². The summed E-state index contributed by atoms with van der Waals surface area (Å²) in [6, 6.07) is 0. The molecule has 0 amide bonds. The minimum Gasteiger partial charge on any atom is -0.140 e. The third-order valence-corrected chi connectivity index (χ3v) is 8.29. The fourth-order valence-electron chi connectivity index (χ4n) is 3.86. The van der Waals surface area contributed by atoms with Gasteiger partial charge in [0.2, 0.25) is 0 Å². The first-order valence-corrected chi connectivity index (χ1v) is 9.12. The molecule has 0 radical (unpaired) electrons. The van der Waals surface area contributed by atoms with E-state index in [0.717, 1.165) is 5.92 Å². The van der Waals surface area contributed by atoms with Gasteiger partial charge in [-0.25, -0.2) is 0 Å². The highest BCUT2D eigenvalue weighted by Crippen LogP contribution is 2.58. The third-order valence-electron chi connectivity index (χ3n) is 4.98. The van der Waals surface area contributed by atoms with Crippen LogP contribution in [0.1, 0.15) is 52.4 Å². The Hall–Kier alpha value is 0.440. The van der Waals surface area contributed by atoms with Gasteiger partial charge < -0.3 is 0 Å². The fraction of sp³-hybridized carbons (Fsp3) is 0.867. The lowest BCUT2D eigenvalue weighted by Gasteiger charge is -2.49. The van der Waals surface area contributed by atoms with Crippen molar-refractivity contribution in [2.24, 2.45) is 11.3 Å². The van der Waals surface area contributed by atoms with Gasteiger partial charge in [-0.2, -0.15) is 0 Å². The minimum atomic E-state index is 0.471. The van der Waals surface area contributed by atoms with Gasteiger partial charge in [-0.1, -0.05) is 31.9 Å². The van der Waals surface area contributed by atoms with Crippen molar-refractivity contribution < 1.29 is 0 Å². The largest absolute Gasteiger partial charge is 0.140 e. The molecule has 1 heterocycles. The maximum Gasteiger partial charge on any atom is 0.0794 e. The predicted molar refractivity (Wildman–Crippen MR) is 80.7 cm³/mol. The van der Waals surface area contributed by atoms with E-state index in [1.54, 1.807) is 0 Å². The van der Waals surface area contributed by atoms with E-state index in [9.17, 15) is 0 Å². The molecule has 17 heavy (non-hydrogen) atoms. The molecule has 3 rings (SSSR count). The van der Waals surface area contributed by atoms with E-state index < -0.39 is 0 Å². The molecule has 2 atom stereocenters. The van der Waals surface area contributed by atoms with Crippen LogP contribution in [-0.2, 0) is 0 Å². The van der Waals surface area contributed by atoms with E-state index >= 15 is 0 Å². The molecule has 0 unspecified atom stereocenters.